The van der Waals surface area contributed by atoms with E-state index >= 15 is 0 Å². The van der Waals surface area contributed by atoms with Crippen molar-refractivity contribution < 1.29 is 14.0 Å². The molecule has 0 saturated carbocycles. The van der Waals surface area contributed by atoms with Gasteiger partial charge in [-0.15, -0.1) is 0 Å². The van der Waals surface area contributed by atoms with E-state index in [2.05, 4.69) is 15.9 Å². The maximum atomic E-state index is 13.9. The third-order valence-corrected chi connectivity index (χ3v) is 4.14. The zero-order valence-electron chi connectivity index (χ0n) is 10.7. The predicted molar refractivity (Wildman–Crippen MR) is 73.4 cm³/mol. The van der Waals surface area contributed by atoms with Crippen molar-refractivity contribution in [2.24, 2.45) is 5.92 Å². The Morgan fingerprint density at radius 1 is 1.32 bits per heavy atom. The quantitative estimate of drug-likeness (QED) is 0.783. The molecule has 0 bridgehead atoms. The minimum Gasteiger partial charge on any atom is -0.343 e. The van der Waals surface area contributed by atoms with E-state index in [1.54, 1.807) is 17.0 Å². The Bertz CT molecular complexity index is 510. The van der Waals surface area contributed by atoms with E-state index in [9.17, 15) is 14.0 Å². The fourth-order valence-corrected chi connectivity index (χ4v) is 2.74. The van der Waals surface area contributed by atoms with Crippen LogP contribution in [0.1, 0.15) is 30.1 Å². The lowest BCUT2D eigenvalue weighted by molar-refractivity contribution is -0.130. The number of nitrogens with zero attached hydrogens (tertiary/aromatic N) is 1. The van der Waals surface area contributed by atoms with Gasteiger partial charge < -0.3 is 4.90 Å². The normalized spacial score (nSPS) is 16.5. The van der Waals surface area contributed by atoms with E-state index in [0.29, 0.717) is 30.4 Å². The summed E-state index contributed by atoms with van der Waals surface area (Å²) >= 11 is 3.09. The van der Waals surface area contributed by atoms with E-state index in [1.807, 2.05) is 0 Å². The predicted octanol–water partition coefficient (Wildman–Crippen LogP) is 3.03. The van der Waals surface area contributed by atoms with Crippen LogP contribution in [0.25, 0.3) is 0 Å². The Kier molecular flexibility index (Phi) is 4.34. The van der Waals surface area contributed by atoms with Crippen molar-refractivity contribution in [2.45, 2.75) is 19.8 Å². The second-order valence-corrected chi connectivity index (χ2v) is 5.60. The molecule has 0 radical (unpaired) electrons. The first kappa shape index (κ1) is 14.2. The van der Waals surface area contributed by atoms with Gasteiger partial charge in [-0.3, -0.25) is 9.59 Å². The minimum atomic E-state index is -0.499. The molecule has 1 fully saturated rings. The van der Waals surface area contributed by atoms with Crippen molar-refractivity contribution in [3.05, 3.63) is 34.1 Å². The van der Waals surface area contributed by atoms with Crippen molar-refractivity contribution >= 4 is 27.6 Å². The standard InChI is InChI=1S/C14H15BrFNO2/c1-9(18)17-7-5-10(6-8-17)14(19)11-3-2-4-12(15)13(11)16/h2-4,10H,5-8H2,1H3. The Labute approximate surface area is 119 Å². The van der Waals surface area contributed by atoms with E-state index in [-0.39, 0.29) is 23.2 Å². The summed E-state index contributed by atoms with van der Waals surface area (Å²) in [6, 6.07) is 4.75. The number of likely N-dealkylation sites (tertiary alicyclic amines) is 1. The molecular formula is C14H15BrFNO2. The van der Waals surface area contributed by atoms with Gasteiger partial charge in [0.25, 0.3) is 0 Å². The summed E-state index contributed by atoms with van der Waals surface area (Å²) in [7, 11) is 0. The van der Waals surface area contributed by atoms with Gasteiger partial charge in [0.1, 0.15) is 5.82 Å². The maximum Gasteiger partial charge on any atom is 0.219 e. The van der Waals surface area contributed by atoms with E-state index in [4.69, 9.17) is 0 Å². The first-order chi connectivity index (χ1) is 9.00. The number of Topliss-reactive ketones (excluding diaryl/α,β-unsaturated/α-hetero) is 1. The van der Waals surface area contributed by atoms with Crippen LogP contribution in [-0.4, -0.2) is 29.7 Å². The molecule has 2 rings (SSSR count). The summed E-state index contributed by atoms with van der Waals surface area (Å²) in [5.41, 5.74) is 0.135. The number of piperidine rings is 1. The third-order valence-electron chi connectivity index (χ3n) is 3.53. The monoisotopic (exact) mass is 327 g/mol. The number of carbonyl (C=O) groups is 2. The van der Waals surface area contributed by atoms with Gasteiger partial charge in [-0.05, 0) is 40.9 Å². The molecule has 1 amide bonds. The van der Waals surface area contributed by atoms with Gasteiger partial charge >= 0.3 is 0 Å². The second kappa shape index (κ2) is 5.82. The average molecular weight is 328 g/mol. The topological polar surface area (TPSA) is 37.4 Å². The van der Waals surface area contributed by atoms with Gasteiger partial charge in [-0.2, -0.15) is 0 Å². The van der Waals surface area contributed by atoms with Gasteiger partial charge in [0.05, 0.1) is 10.0 Å². The molecule has 3 nitrogen and oxygen atoms in total. The van der Waals surface area contributed by atoms with Crippen LogP contribution in [0.15, 0.2) is 22.7 Å². The molecule has 0 N–H and O–H groups in total. The second-order valence-electron chi connectivity index (χ2n) is 4.75. The van der Waals surface area contributed by atoms with E-state index in [1.165, 1.54) is 13.0 Å². The molecule has 0 spiro atoms. The van der Waals surface area contributed by atoms with E-state index < -0.39 is 5.82 Å². The zero-order chi connectivity index (χ0) is 14.0. The highest BCUT2D eigenvalue weighted by atomic mass is 79.9. The highest BCUT2D eigenvalue weighted by Gasteiger charge is 2.28. The van der Waals surface area contributed by atoms with Gasteiger partial charge in [0.2, 0.25) is 5.91 Å². The SMILES string of the molecule is CC(=O)N1CCC(C(=O)c2cccc(Br)c2F)CC1. The average Bonchev–Trinajstić information content (AvgIpc) is 2.41. The summed E-state index contributed by atoms with van der Waals surface area (Å²) in [5.74, 6) is -0.831. The van der Waals surface area contributed by atoms with Gasteiger partial charge in [-0.1, -0.05) is 6.07 Å². The highest BCUT2D eigenvalue weighted by Crippen LogP contribution is 2.26. The van der Waals surface area contributed by atoms with Crippen molar-refractivity contribution in [1.82, 2.24) is 4.90 Å². The first-order valence-corrected chi connectivity index (χ1v) is 7.03. The Hall–Kier alpha value is -1.23. The number of rotatable bonds is 2. The Balaban J connectivity index is 2.09. The number of hydrogen-bond acceptors (Lipinski definition) is 2. The Morgan fingerprint density at radius 2 is 1.95 bits per heavy atom. The lowest BCUT2D eigenvalue weighted by Crippen LogP contribution is -2.39. The lowest BCUT2D eigenvalue weighted by atomic mass is 9.88. The molecule has 1 aromatic rings. The zero-order valence-corrected chi connectivity index (χ0v) is 12.2. The fourth-order valence-electron chi connectivity index (χ4n) is 2.37. The number of ketones is 1. The summed E-state index contributed by atoms with van der Waals surface area (Å²) in [4.78, 5) is 25.2. The maximum absolute atomic E-state index is 13.9. The summed E-state index contributed by atoms with van der Waals surface area (Å²) < 4.78 is 14.2. The van der Waals surface area contributed by atoms with Crippen LogP contribution in [0.3, 0.4) is 0 Å². The molecule has 0 atom stereocenters. The number of hydrogen-bond donors (Lipinski definition) is 0. The Morgan fingerprint density at radius 3 is 2.53 bits per heavy atom. The van der Waals surface area contributed by atoms with Gasteiger partial charge in [0, 0.05) is 25.9 Å². The molecule has 1 saturated heterocycles. The minimum absolute atomic E-state index is 0.0273. The van der Waals surface area contributed by atoms with Crippen LogP contribution < -0.4 is 0 Å². The molecule has 0 unspecified atom stereocenters. The molecule has 0 aromatic heterocycles. The summed E-state index contributed by atoms with van der Waals surface area (Å²) in [6.45, 7) is 2.67. The van der Waals surface area contributed by atoms with Crippen LogP contribution in [0, 0.1) is 11.7 Å². The number of halogens is 2. The fraction of sp³-hybridized carbons (Fsp3) is 0.429. The van der Waals surface area contributed by atoms with Crippen molar-refractivity contribution in [1.29, 1.82) is 0 Å². The number of benzene rings is 1. The molecular weight excluding hydrogens is 313 g/mol. The van der Waals surface area contributed by atoms with Crippen LogP contribution in [0.4, 0.5) is 4.39 Å². The van der Waals surface area contributed by atoms with Gasteiger partial charge in [-0.25, -0.2) is 4.39 Å². The molecule has 5 heteroatoms. The molecule has 19 heavy (non-hydrogen) atoms. The van der Waals surface area contributed by atoms with Crippen molar-refractivity contribution in [3.63, 3.8) is 0 Å². The van der Waals surface area contributed by atoms with Crippen LogP contribution in [0.2, 0.25) is 0 Å². The molecule has 0 aliphatic carbocycles. The highest BCUT2D eigenvalue weighted by molar-refractivity contribution is 9.10. The summed E-state index contributed by atoms with van der Waals surface area (Å²) in [5, 5.41) is 0. The van der Waals surface area contributed by atoms with Gasteiger partial charge in [0.15, 0.2) is 5.78 Å². The number of amides is 1. The summed E-state index contributed by atoms with van der Waals surface area (Å²) in [6.07, 6.45) is 1.20. The van der Waals surface area contributed by atoms with Crippen molar-refractivity contribution in [3.8, 4) is 0 Å². The van der Waals surface area contributed by atoms with Crippen LogP contribution >= 0.6 is 15.9 Å². The van der Waals surface area contributed by atoms with E-state index in [0.717, 1.165) is 0 Å². The smallest absolute Gasteiger partial charge is 0.219 e. The first-order valence-electron chi connectivity index (χ1n) is 6.24. The molecule has 1 aliphatic heterocycles. The van der Waals surface area contributed by atoms with Crippen LogP contribution in [0.5, 0.6) is 0 Å². The van der Waals surface area contributed by atoms with Crippen molar-refractivity contribution in [2.75, 3.05) is 13.1 Å². The lowest BCUT2D eigenvalue weighted by Gasteiger charge is -2.30. The third kappa shape index (κ3) is 3.03. The van der Waals surface area contributed by atoms with Crippen LogP contribution in [-0.2, 0) is 4.79 Å². The largest absolute Gasteiger partial charge is 0.343 e. The molecule has 102 valence electrons. The molecule has 1 aromatic carbocycles. The molecule has 1 heterocycles. The molecule has 1 aliphatic rings. The number of carbonyl (C=O) groups excluding carboxylic acids is 2.